The summed E-state index contributed by atoms with van der Waals surface area (Å²) >= 11 is 0.00694. The summed E-state index contributed by atoms with van der Waals surface area (Å²) in [6, 6.07) is 2.83. The summed E-state index contributed by atoms with van der Waals surface area (Å²) in [7, 11) is 12.7. The molecule has 245 valence electrons. The zero-order chi connectivity index (χ0) is 30.9. The molecule has 0 unspecified atom stereocenters. The van der Waals surface area contributed by atoms with Crippen LogP contribution in [0.3, 0.4) is 0 Å². The van der Waals surface area contributed by atoms with Crippen LogP contribution in [0, 0.1) is 0 Å². The summed E-state index contributed by atoms with van der Waals surface area (Å²) in [4.78, 5) is 31.3. The van der Waals surface area contributed by atoms with Gasteiger partial charge in [0.2, 0.25) is 0 Å². The Kier molecular flexibility index (Phi) is 17.7. The molecule has 43 heavy (non-hydrogen) atoms. The first kappa shape index (κ1) is 36.4. The van der Waals surface area contributed by atoms with Crippen molar-refractivity contribution in [2.24, 2.45) is 0 Å². The van der Waals surface area contributed by atoms with Crippen LogP contribution in [0.2, 0.25) is 0 Å². The molecule has 0 radical (unpaired) electrons. The molecule has 4 N–H and O–H groups in total. The van der Waals surface area contributed by atoms with Crippen LogP contribution in [0.1, 0.15) is 83.5 Å². The van der Waals surface area contributed by atoms with Crippen LogP contribution in [0.4, 0.5) is 0 Å². The molecule has 1 aromatic rings. The van der Waals surface area contributed by atoms with Crippen molar-refractivity contribution < 1.29 is 41.7 Å². The van der Waals surface area contributed by atoms with Gasteiger partial charge in [-0.2, -0.15) is 0 Å². The summed E-state index contributed by atoms with van der Waals surface area (Å²) in [6.45, 7) is 3.41. The number of esters is 2. The normalized spacial score (nSPS) is 24.6. The van der Waals surface area contributed by atoms with Gasteiger partial charge in [-0.25, -0.2) is 9.59 Å². The van der Waals surface area contributed by atoms with Gasteiger partial charge in [0.1, 0.15) is 13.2 Å². The molecular weight excluding hydrogens is 640 g/mol. The maximum atomic E-state index is 13.2. The van der Waals surface area contributed by atoms with E-state index in [0.717, 1.165) is 38.8 Å². The van der Waals surface area contributed by atoms with Crippen LogP contribution in [-0.4, -0.2) is 94.8 Å². The fourth-order valence-electron chi connectivity index (χ4n) is 6.02. The predicted molar refractivity (Wildman–Crippen MR) is 162 cm³/mol. The molecule has 2 saturated carbocycles. The predicted octanol–water partition coefficient (Wildman–Crippen LogP) is 3.06. The molecule has 1 aliphatic heterocycles. The van der Waals surface area contributed by atoms with E-state index in [4.69, 9.17) is 44.1 Å². The molecule has 1 aromatic heterocycles. The van der Waals surface area contributed by atoms with E-state index >= 15 is 0 Å². The van der Waals surface area contributed by atoms with Crippen LogP contribution in [-0.2, 0) is 45.2 Å². The fraction of sp³-hybridized carbons (Fsp3) is 0.759. The van der Waals surface area contributed by atoms with Crippen LogP contribution in [0.5, 0.6) is 0 Å². The molecule has 0 saturated heterocycles. The van der Waals surface area contributed by atoms with Gasteiger partial charge in [0.05, 0.1) is 35.7 Å². The molecule has 2 fully saturated rings. The molecule has 2 heterocycles. The van der Waals surface area contributed by atoms with Crippen LogP contribution < -0.4 is 21.3 Å². The fourth-order valence-corrected chi connectivity index (χ4v) is 6.02. The van der Waals surface area contributed by atoms with Gasteiger partial charge >= 0.3 is 45.3 Å². The zero-order valence-electron chi connectivity index (χ0n) is 25.2. The number of rotatable bonds is 8. The van der Waals surface area contributed by atoms with Crippen LogP contribution in [0.15, 0.2) is 6.07 Å². The number of fused-ring (bicyclic) bond motifs is 4. The third-order valence-electron chi connectivity index (χ3n) is 8.19. The molecule has 2 bridgehead atoms. The molecule has 0 spiro atoms. The van der Waals surface area contributed by atoms with Crippen molar-refractivity contribution in [2.75, 3.05) is 53.7 Å². The van der Waals surface area contributed by atoms with Crippen molar-refractivity contribution in [1.82, 2.24) is 26.3 Å². The number of ether oxygens (including phenoxy) is 4. The summed E-state index contributed by atoms with van der Waals surface area (Å²) in [5.74, 6) is -1.06. The van der Waals surface area contributed by atoms with Gasteiger partial charge in [0.15, 0.2) is 0 Å². The SMILES string of the molecule is COCCOC(=O)c1cc(C(=O)OCCOC)c2nc1CN[C@@H]1CCCC[C@H]1NCCN[C@@H]1CCCC[C@H]1NC2.[Cl][Mn][Cl]. The Bertz CT molecular complexity index is 926. The summed E-state index contributed by atoms with van der Waals surface area (Å²) in [5, 5.41) is 14.9. The van der Waals surface area contributed by atoms with E-state index in [1.165, 1.54) is 25.7 Å². The zero-order valence-corrected chi connectivity index (χ0v) is 27.9. The Morgan fingerprint density at radius 3 is 1.47 bits per heavy atom. The Morgan fingerprint density at radius 1 is 0.721 bits per heavy atom. The van der Waals surface area contributed by atoms with Crippen molar-refractivity contribution in [3.05, 3.63) is 28.6 Å². The number of pyridine rings is 1. The molecule has 3 aliphatic rings. The first-order chi connectivity index (χ1) is 21.0. The van der Waals surface area contributed by atoms with Crippen molar-refractivity contribution >= 4 is 32.1 Å². The Labute approximate surface area is 270 Å². The van der Waals surface area contributed by atoms with Crippen LogP contribution in [0.25, 0.3) is 0 Å². The van der Waals surface area contributed by atoms with Gasteiger partial charge < -0.3 is 40.2 Å². The summed E-state index contributed by atoms with van der Waals surface area (Å²) in [6.07, 6.45) is 9.08. The van der Waals surface area contributed by atoms with Crippen molar-refractivity contribution in [3.63, 3.8) is 0 Å². The molecule has 0 aromatic carbocycles. The average Bonchev–Trinajstić information content (AvgIpc) is 3.02. The number of hydrogen-bond acceptors (Lipinski definition) is 11. The molecule has 4 atom stereocenters. The van der Waals surface area contributed by atoms with E-state index in [2.05, 4.69) is 21.3 Å². The minimum atomic E-state index is -0.528. The monoisotopic (exact) mass is 686 g/mol. The van der Waals surface area contributed by atoms with E-state index in [1.807, 2.05) is 0 Å². The first-order valence-corrected chi connectivity index (χ1v) is 18.4. The van der Waals surface area contributed by atoms with E-state index in [1.54, 1.807) is 20.3 Å². The van der Waals surface area contributed by atoms with Gasteiger partial charge in [0, 0.05) is 64.6 Å². The third kappa shape index (κ3) is 12.0. The number of methoxy groups -OCH3 is 2. The van der Waals surface area contributed by atoms with E-state index in [0.29, 0.717) is 36.6 Å². The number of hydrogen-bond donors (Lipinski definition) is 4. The molecule has 11 nitrogen and oxygen atoms in total. The van der Waals surface area contributed by atoms with E-state index in [-0.39, 0.29) is 62.8 Å². The average molecular weight is 688 g/mol. The van der Waals surface area contributed by atoms with Crippen molar-refractivity contribution in [3.8, 4) is 0 Å². The van der Waals surface area contributed by atoms with Gasteiger partial charge in [-0.05, 0) is 31.7 Å². The third-order valence-corrected chi connectivity index (χ3v) is 8.19. The van der Waals surface area contributed by atoms with E-state index in [9.17, 15) is 9.59 Å². The molecule has 14 heteroatoms. The van der Waals surface area contributed by atoms with Gasteiger partial charge in [-0.15, -0.1) is 0 Å². The molecule has 4 rings (SSSR count). The maximum absolute atomic E-state index is 13.2. The summed E-state index contributed by atoms with van der Waals surface area (Å²) < 4.78 is 21.0. The summed E-state index contributed by atoms with van der Waals surface area (Å²) in [5.41, 5.74) is 1.69. The second-order valence-corrected chi connectivity index (χ2v) is 12.9. The number of carbonyl (C=O) groups excluding carboxylic acids is 2. The Hall–Kier alpha value is -1.05. The van der Waals surface area contributed by atoms with Gasteiger partial charge in [-0.1, -0.05) is 25.7 Å². The molecular formula is C29H47Cl2MnN5O6. The number of nitrogens with zero attached hydrogens (tertiary/aromatic N) is 1. The van der Waals surface area contributed by atoms with Crippen LogP contribution >= 0.6 is 20.2 Å². The number of nitrogens with one attached hydrogen (secondary N) is 4. The first-order valence-electron chi connectivity index (χ1n) is 15.2. The van der Waals surface area contributed by atoms with Crippen molar-refractivity contribution in [1.29, 1.82) is 0 Å². The Morgan fingerprint density at radius 2 is 1.09 bits per heavy atom. The second kappa shape index (κ2) is 20.9. The molecule has 2 aliphatic carbocycles. The van der Waals surface area contributed by atoms with E-state index < -0.39 is 11.9 Å². The molecule has 0 amide bonds. The van der Waals surface area contributed by atoms with Gasteiger partial charge in [0.25, 0.3) is 0 Å². The number of halogens is 2. The topological polar surface area (TPSA) is 132 Å². The van der Waals surface area contributed by atoms with Gasteiger partial charge in [-0.3, -0.25) is 4.98 Å². The standard InChI is InChI=1S/C29H47N5O6.2ClH.Mn/c1-37-13-15-39-28(35)20-17-21(29(36)40-16-14-38-2)27-19-33-25-10-6-4-8-23(25)31-12-11-30-22-7-3-5-9-24(22)32-18-26(20)34-27;;;/h17,22-25,30-33H,3-16,18-19H2,1-2H3;2*1H;/q;;;+2/p-2/t22-,23-,24-,25-;;;/m1.../s1. The quantitative estimate of drug-likeness (QED) is 0.183. The number of aromatic nitrogens is 1. The second-order valence-electron chi connectivity index (χ2n) is 11.0. The number of carbonyl (C=O) groups is 2. The van der Waals surface area contributed by atoms with Crippen molar-refractivity contribution in [2.45, 2.75) is 88.6 Å². The Balaban J connectivity index is 0.00000162. The minimum absolute atomic E-state index is 0.00694.